The Bertz CT molecular complexity index is 513. The molecule has 0 aliphatic heterocycles. The Kier molecular flexibility index (Phi) is 9.76. The van der Waals surface area contributed by atoms with E-state index < -0.39 is 47.4 Å². The summed E-state index contributed by atoms with van der Waals surface area (Å²) in [6.07, 6.45) is -0.843. The van der Waals surface area contributed by atoms with Crippen molar-refractivity contribution in [1.29, 1.82) is 0 Å². The average Bonchev–Trinajstić information content (AvgIpc) is 2.44. The van der Waals surface area contributed by atoms with E-state index in [2.05, 4.69) is 10.6 Å². The van der Waals surface area contributed by atoms with Crippen LogP contribution in [0.25, 0.3) is 0 Å². The van der Waals surface area contributed by atoms with Crippen LogP contribution in [0.15, 0.2) is 0 Å². The Labute approximate surface area is 165 Å². The van der Waals surface area contributed by atoms with Crippen molar-refractivity contribution in [2.75, 3.05) is 0 Å². The summed E-state index contributed by atoms with van der Waals surface area (Å²) in [7, 11) is 0. The van der Waals surface area contributed by atoms with Crippen LogP contribution >= 0.6 is 0 Å². The van der Waals surface area contributed by atoms with Gasteiger partial charge in [-0.15, -0.1) is 0 Å². The van der Waals surface area contributed by atoms with Gasteiger partial charge in [0.15, 0.2) is 0 Å². The van der Waals surface area contributed by atoms with Gasteiger partial charge in [-0.3, -0.25) is 0 Å². The summed E-state index contributed by atoms with van der Waals surface area (Å²) in [5.74, 6) is -2.43. The van der Waals surface area contributed by atoms with Crippen molar-refractivity contribution < 1.29 is 38.9 Å². The molecule has 0 fully saturated rings. The van der Waals surface area contributed by atoms with Gasteiger partial charge in [0.25, 0.3) is 0 Å². The van der Waals surface area contributed by atoms with Gasteiger partial charge in [0, 0.05) is 0 Å². The van der Waals surface area contributed by atoms with Crippen LogP contribution in [0.1, 0.15) is 67.2 Å². The molecule has 2 amide bonds. The zero-order chi connectivity index (χ0) is 22.1. The summed E-state index contributed by atoms with van der Waals surface area (Å²) < 4.78 is 10.1. The number of carbonyl (C=O) groups excluding carboxylic acids is 2. The molecule has 0 rings (SSSR count). The maximum Gasteiger partial charge on any atom is 0.408 e. The molecule has 0 unspecified atom stereocenters. The Hall–Kier alpha value is -2.52. The zero-order valence-electron chi connectivity index (χ0n) is 17.3. The Morgan fingerprint density at radius 1 is 0.714 bits per heavy atom. The number of amides is 2. The first kappa shape index (κ1) is 25.5. The summed E-state index contributed by atoms with van der Waals surface area (Å²) in [6, 6.07) is -2.31. The van der Waals surface area contributed by atoms with E-state index in [0.717, 1.165) is 0 Å². The molecular weight excluding hydrogens is 372 g/mol. The molecule has 4 N–H and O–H groups in total. The van der Waals surface area contributed by atoms with Crippen molar-refractivity contribution in [3.8, 4) is 0 Å². The second-order valence-corrected chi connectivity index (χ2v) is 8.36. The number of carbonyl (C=O) groups is 4. The fourth-order valence-electron chi connectivity index (χ4n) is 2.11. The third-order valence-corrected chi connectivity index (χ3v) is 3.21. The minimum absolute atomic E-state index is 0.0906. The van der Waals surface area contributed by atoms with Crippen LogP contribution in [0.5, 0.6) is 0 Å². The number of alkyl carbamates (subject to hydrolysis) is 2. The number of carboxylic acids is 2. The maximum atomic E-state index is 11.7. The van der Waals surface area contributed by atoms with Gasteiger partial charge in [0.05, 0.1) is 0 Å². The number of ether oxygens (including phenoxy) is 2. The van der Waals surface area contributed by atoms with E-state index in [1.54, 1.807) is 41.5 Å². The first-order chi connectivity index (χ1) is 12.6. The lowest BCUT2D eigenvalue weighted by molar-refractivity contribution is -0.140. The van der Waals surface area contributed by atoms with Crippen LogP contribution in [-0.2, 0) is 19.1 Å². The molecule has 162 valence electrons. The zero-order valence-corrected chi connectivity index (χ0v) is 17.3. The quantitative estimate of drug-likeness (QED) is 0.428. The van der Waals surface area contributed by atoms with Crippen LogP contribution in [-0.4, -0.2) is 57.6 Å². The van der Waals surface area contributed by atoms with E-state index in [4.69, 9.17) is 9.47 Å². The number of rotatable bonds is 9. The molecule has 0 bridgehead atoms. The molecule has 2 atom stereocenters. The molecule has 0 saturated carbocycles. The van der Waals surface area contributed by atoms with Crippen molar-refractivity contribution in [1.82, 2.24) is 10.6 Å². The number of nitrogens with one attached hydrogen (secondary N) is 2. The third kappa shape index (κ3) is 12.8. The molecule has 0 aromatic heterocycles. The van der Waals surface area contributed by atoms with E-state index >= 15 is 0 Å². The predicted octanol–water partition coefficient (Wildman–Crippen LogP) is 2.50. The van der Waals surface area contributed by atoms with Crippen LogP contribution in [0.2, 0.25) is 0 Å². The Morgan fingerprint density at radius 3 is 1.21 bits per heavy atom. The molecule has 0 radical (unpaired) electrons. The molecule has 0 saturated heterocycles. The van der Waals surface area contributed by atoms with Crippen molar-refractivity contribution >= 4 is 24.1 Å². The van der Waals surface area contributed by atoms with Gasteiger partial charge in [-0.1, -0.05) is 12.8 Å². The smallest absolute Gasteiger partial charge is 0.408 e. The highest BCUT2D eigenvalue weighted by atomic mass is 16.6. The number of unbranched alkanes of at least 4 members (excludes halogenated alkanes) is 1. The van der Waals surface area contributed by atoms with Crippen molar-refractivity contribution in [2.24, 2.45) is 0 Å². The van der Waals surface area contributed by atoms with Gasteiger partial charge in [-0.05, 0) is 54.4 Å². The fraction of sp³-hybridized carbons (Fsp3) is 0.778. The molecule has 28 heavy (non-hydrogen) atoms. The lowest BCUT2D eigenvalue weighted by atomic mass is 10.0. The number of hydrogen-bond acceptors (Lipinski definition) is 6. The van der Waals surface area contributed by atoms with Gasteiger partial charge in [0.1, 0.15) is 23.3 Å². The SMILES string of the molecule is CC(C)(C)OC(=O)N[C@H](CCCC[C@@H](NC(=O)OC(C)(C)C)C(=O)O)C(=O)O. The molecular formula is C18H32N2O8. The van der Waals surface area contributed by atoms with Crippen molar-refractivity contribution in [2.45, 2.75) is 90.5 Å². The topological polar surface area (TPSA) is 151 Å². The highest BCUT2D eigenvalue weighted by molar-refractivity contribution is 5.80. The lowest BCUT2D eigenvalue weighted by Crippen LogP contribution is -2.44. The lowest BCUT2D eigenvalue weighted by Gasteiger charge is -2.22. The maximum absolute atomic E-state index is 11.7. The van der Waals surface area contributed by atoms with Crippen LogP contribution < -0.4 is 10.6 Å². The second kappa shape index (κ2) is 10.7. The average molecular weight is 404 g/mol. The van der Waals surface area contributed by atoms with E-state index in [1.807, 2.05) is 0 Å². The largest absolute Gasteiger partial charge is 0.480 e. The van der Waals surface area contributed by atoms with E-state index in [9.17, 15) is 29.4 Å². The van der Waals surface area contributed by atoms with Gasteiger partial charge in [0.2, 0.25) is 0 Å². The first-order valence-electron chi connectivity index (χ1n) is 9.05. The number of aliphatic carboxylic acids is 2. The fourth-order valence-corrected chi connectivity index (χ4v) is 2.11. The second-order valence-electron chi connectivity index (χ2n) is 8.36. The molecule has 0 heterocycles. The van der Waals surface area contributed by atoms with Gasteiger partial charge >= 0.3 is 24.1 Å². The standard InChI is InChI=1S/C18H32N2O8/c1-17(2,3)27-15(25)19-11(13(21)22)9-7-8-10-12(14(23)24)20-16(26)28-18(4,5)6/h11-12H,7-10H2,1-6H3,(H,19,25)(H,20,26)(H,21,22)(H,23,24)/t11-,12-/m1/s1. The van der Waals surface area contributed by atoms with Crippen LogP contribution in [0, 0.1) is 0 Å². The third-order valence-electron chi connectivity index (χ3n) is 3.21. The molecule has 0 aromatic rings. The number of hydrogen-bond donors (Lipinski definition) is 4. The molecule has 0 aliphatic rings. The van der Waals surface area contributed by atoms with Gasteiger partial charge < -0.3 is 30.3 Å². The molecule has 10 nitrogen and oxygen atoms in total. The van der Waals surface area contributed by atoms with E-state index in [0.29, 0.717) is 12.8 Å². The summed E-state index contributed by atoms with van der Waals surface area (Å²) in [5.41, 5.74) is -1.51. The molecule has 0 aromatic carbocycles. The summed E-state index contributed by atoms with van der Waals surface area (Å²) in [6.45, 7) is 9.95. The molecule has 10 heteroatoms. The van der Waals surface area contributed by atoms with Crippen LogP contribution in [0.3, 0.4) is 0 Å². The Morgan fingerprint density at radius 2 is 1.00 bits per heavy atom. The first-order valence-corrected chi connectivity index (χ1v) is 9.05. The molecule has 0 spiro atoms. The Balaban J connectivity index is 4.51. The van der Waals surface area contributed by atoms with E-state index in [1.165, 1.54) is 0 Å². The van der Waals surface area contributed by atoms with E-state index in [-0.39, 0.29) is 12.8 Å². The monoisotopic (exact) mass is 404 g/mol. The summed E-state index contributed by atoms with van der Waals surface area (Å²) >= 11 is 0. The summed E-state index contributed by atoms with van der Waals surface area (Å²) in [4.78, 5) is 46.0. The van der Waals surface area contributed by atoms with Gasteiger partial charge in [-0.25, -0.2) is 19.2 Å². The van der Waals surface area contributed by atoms with Gasteiger partial charge in [-0.2, -0.15) is 0 Å². The normalized spacial score (nSPS) is 13.8. The van der Waals surface area contributed by atoms with Crippen molar-refractivity contribution in [3.63, 3.8) is 0 Å². The number of carboxylic acid groups (broad SMARTS) is 2. The molecule has 0 aliphatic carbocycles. The minimum atomic E-state index is -1.22. The van der Waals surface area contributed by atoms with Crippen LogP contribution in [0.4, 0.5) is 9.59 Å². The minimum Gasteiger partial charge on any atom is -0.480 e. The summed E-state index contributed by atoms with van der Waals surface area (Å²) in [5, 5.41) is 23.0. The highest BCUT2D eigenvalue weighted by Gasteiger charge is 2.25. The van der Waals surface area contributed by atoms with Crippen molar-refractivity contribution in [3.05, 3.63) is 0 Å². The highest BCUT2D eigenvalue weighted by Crippen LogP contribution is 2.11. The predicted molar refractivity (Wildman–Crippen MR) is 100 cm³/mol.